The van der Waals surface area contributed by atoms with Gasteiger partial charge in [-0.15, -0.1) is 0 Å². The number of piperidine rings is 1. The number of likely N-dealkylation sites (tertiary alicyclic amines) is 1. The number of hydrogen-bond acceptors (Lipinski definition) is 5. The van der Waals surface area contributed by atoms with Crippen molar-refractivity contribution < 1.29 is 23.8 Å². The van der Waals surface area contributed by atoms with Crippen molar-refractivity contribution in [3.8, 4) is 11.5 Å². The minimum atomic E-state index is -0.0573. The zero-order chi connectivity index (χ0) is 20.8. The fourth-order valence-corrected chi connectivity index (χ4v) is 3.93. The predicted octanol–water partition coefficient (Wildman–Crippen LogP) is 2.73. The first-order valence-electron chi connectivity index (χ1n) is 10.4. The summed E-state index contributed by atoms with van der Waals surface area (Å²) in [5, 5.41) is 0. The Morgan fingerprint density at radius 1 is 1.17 bits per heavy atom. The third kappa shape index (κ3) is 5.63. The molecule has 3 rings (SSSR count). The number of rotatable bonds is 6. The number of likely N-dealkylation sites (N-methyl/N-ethyl adjacent to an activating group) is 1. The number of hydrogen-bond donors (Lipinski definition) is 0. The molecule has 2 saturated heterocycles. The fraction of sp³-hybridized carbons (Fsp3) is 0.636. The third-order valence-corrected chi connectivity index (χ3v) is 5.69. The highest BCUT2D eigenvalue weighted by atomic mass is 16.5. The Morgan fingerprint density at radius 2 is 1.93 bits per heavy atom. The normalized spacial score (nSPS) is 20.2. The van der Waals surface area contributed by atoms with E-state index in [-0.39, 0.29) is 24.0 Å². The van der Waals surface area contributed by atoms with Gasteiger partial charge in [0.15, 0.2) is 11.5 Å². The molecule has 0 saturated carbocycles. The van der Waals surface area contributed by atoms with Crippen molar-refractivity contribution in [2.75, 3.05) is 40.4 Å². The maximum atomic E-state index is 12.9. The van der Waals surface area contributed by atoms with E-state index in [1.54, 1.807) is 37.1 Å². The first-order chi connectivity index (χ1) is 14.0. The topological polar surface area (TPSA) is 68.3 Å². The van der Waals surface area contributed by atoms with Crippen LogP contribution in [0.2, 0.25) is 0 Å². The molecule has 0 bridgehead atoms. The Kier molecular flexibility index (Phi) is 7.36. The van der Waals surface area contributed by atoms with Gasteiger partial charge in [0.2, 0.25) is 5.91 Å². The molecule has 1 aromatic carbocycles. The monoisotopic (exact) mass is 404 g/mol. The molecule has 2 heterocycles. The van der Waals surface area contributed by atoms with Crippen LogP contribution in [0.1, 0.15) is 49.4 Å². The molecule has 0 aromatic heterocycles. The van der Waals surface area contributed by atoms with Crippen molar-refractivity contribution in [1.29, 1.82) is 0 Å². The summed E-state index contributed by atoms with van der Waals surface area (Å²) in [5.41, 5.74) is 0.570. The molecule has 0 N–H and O–H groups in total. The molecule has 0 radical (unpaired) electrons. The van der Waals surface area contributed by atoms with E-state index in [0.29, 0.717) is 36.7 Å². The number of nitrogens with zero attached hydrogens (tertiary/aromatic N) is 2. The van der Waals surface area contributed by atoms with Crippen molar-refractivity contribution in [2.24, 2.45) is 0 Å². The SMILES string of the molecule is COc1ccc(C(=O)N(C)C[C@@H]2CCCCO2)cc1OC1CCN(C(C)=O)CC1. The Balaban J connectivity index is 1.64. The summed E-state index contributed by atoms with van der Waals surface area (Å²) in [6, 6.07) is 5.31. The Labute approximate surface area is 172 Å². The second-order valence-corrected chi connectivity index (χ2v) is 7.86. The molecule has 2 aliphatic rings. The van der Waals surface area contributed by atoms with E-state index < -0.39 is 0 Å². The molecule has 1 aromatic rings. The van der Waals surface area contributed by atoms with Gasteiger partial charge in [-0.25, -0.2) is 0 Å². The molecule has 29 heavy (non-hydrogen) atoms. The average molecular weight is 405 g/mol. The van der Waals surface area contributed by atoms with Crippen LogP contribution in [-0.4, -0.2) is 74.2 Å². The van der Waals surface area contributed by atoms with E-state index >= 15 is 0 Å². The van der Waals surface area contributed by atoms with Crippen molar-refractivity contribution in [2.45, 2.75) is 51.2 Å². The minimum absolute atomic E-state index is 0.00165. The van der Waals surface area contributed by atoms with Crippen molar-refractivity contribution in [1.82, 2.24) is 9.80 Å². The van der Waals surface area contributed by atoms with Crippen LogP contribution in [0.3, 0.4) is 0 Å². The number of benzene rings is 1. The lowest BCUT2D eigenvalue weighted by atomic mass is 10.1. The van der Waals surface area contributed by atoms with E-state index in [1.165, 1.54) is 0 Å². The van der Waals surface area contributed by atoms with Gasteiger partial charge in [-0.1, -0.05) is 0 Å². The molecule has 7 heteroatoms. The Bertz CT molecular complexity index is 709. The Hall–Kier alpha value is -2.28. The molecule has 1 atom stereocenters. The predicted molar refractivity (Wildman–Crippen MR) is 109 cm³/mol. The summed E-state index contributed by atoms with van der Waals surface area (Å²) in [4.78, 5) is 28.0. The van der Waals surface area contributed by atoms with Gasteiger partial charge in [-0.05, 0) is 37.5 Å². The van der Waals surface area contributed by atoms with Crippen molar-refractivity contribution in [3.63, 3.8) is 0 Å². The Morgan fingerprint density at radius 3 is 2.55 bits per heavy atom. The van der Waals surface area contributed by atoms with Gasteiger partial charge in [0, 0.05) is 58.6 Å². The number of carbonyl (C=O) groups is 2. The van der Waals surface area contributed by atoms with Gasteiger partial charge in [-0.3, -0.25) is 9.59 Å². The molecule has 0 spiro atoms. The first-order valence-corrected chi connectivity index (χ1v) is 10.4. The van der Waals surface area contributed by atoms with Gasteiger partial charge in [0.05, 0.1) is 13.2 Å². The third-order valence-electron chi connectivity index (χ3n) is 5.69. The summed E-state index contributed by atoms with van der Waals surface area (Å²) < 4.78 is 17.4. The lowest BCUT2D eigenvalue weighted by Gasteiger charge is -2.32. The van der Waals surface area contributed by atoms with E-state index in [9.17, 15) is 9.59 Å². The second-order valence-electron chi connectivity index (χ2n) is 7.86. The van der Waals surface area contributed by atoms with Crippen LogP contribution in [0.4, 0.5) is 0 Å². The highest BCUT2D eigenvalue weighted by Gasteiger charge is 2.24. The summed E-state index contributed by atoms with van der Waals surface area (Å²) in [6.45, 7) is 4.32. The van der Waals surface area contributed by atoms with E-state index in [2.05, 4.69) is 0 Å². The summed E-state index contributed by atoms with van der Waals surface area (Å²) >= 11 is 0. The largest absolute Gasteiger partial charge is 0.493 e. The molecular weight excluding hydrogens is 372 g/mol. The molecule has 0 aliphatic carbocycles. The summed E-state index contributed by atoms with van der Waals surface area (Å²) in [5.74, 6) is 1.22. The lowest BCUT2D eigenvalue weighted by molar-refractivity contribution is -0.130. The van der Waals surface area contributed by atoms with E-state index in [1.807, 2.05) is 11.9 Å². The number of methoxy groups -OCH3 is 1. The first kappa shape index (κ1) is 21.4. The molecule has 0 unspecified atom stereocenters. The average Bonchev–Trinajstić information content (AvgIpc) is 2.74. The van der Waals surface area contributed by atoms with Crippen LogP contribution < -0.4 is 9.47 Å². The number of amides is 2. The van der Waals surface area contributed by atoms with Crippen LogP contribution in [-0.2, 0) is 9.53 Å². The molecule has 2 amide bonds. The van der Waals surface area contributed by atoms with Crippen LogP contribution >= 0.6 is 0 Å². The minimum Gasteiger partial charge on any atom is -0.493 e. The molecule has 2 aliphatic heterocycles. The number of ether oxygens (including phenoxy) is 3. The van der Waals surface area contributed by atoms with Gasteiger partial charge >= 0.3 is 0 Å². The quantitative estimate of drug-likeness (QED) is 0.729. The van der Waals surface area contributed by atoms with Crippen molar-refractivity contribution >= 4 is 11.8 Å². The lowest BCUT2D eigenvalue weighted by Crippen LogP contribution is -2.40. The van der Waals surface area contributed by atoms with Gasteiger partial charge in [-0.2, -0.15) is 0 Å². The number of carbonyl (C=O) groups excluding carboxylic acids is 2. The summed E-state index contributed by atoms with van der Waals surface area (Å²) in [6.07, 6.45) is 4.87. The van der Waals surface area contributed by atoms with Crippen LogP contribution in [0.5, 0.6) is 11.5 Å². The van der Waals surface area contributed by atoms with Gasteiger partial charge in [0.25, 0.3) is 5.91 Å². The van der Waals surface area contributed by atoms with Crippen LogP contribution in [0.15, 0.2) is 18.2 Å². The molecule has 160 valence electrons. The highest BCUT2D eigenvalue weighted by molar-refractivity contribution is 5.94. The second kappa shape index (κ2) is 9.96. The van der Waals surface area contributed by atoms with Crippen LogP contribution in [0, 0.1) is 0 Å². The molecule has 2 fully saturated rings. The smallest absolute Gasteiger partial charge is 0.253 e. The fourth-order valence-electron chi connectivity index (χ4n) is 3.93. The highest BCUT2D eigenvalue weighted by Crippen LogP contribution is 2.31. The molecule has 7 nitrogen and oxygen atoms in total. The van der Waals surface area contributed by atoms with Gasteiger partial charge < -0.3 is 24.0 Å². The van der Waals surface area contributed by atoms with E-state index in [0.717, 1.165) is 38.7 Å². The zero-order valence-corrected chi connectivity index (χ0v) is 17.7. The zero-order valence-electron chi connectivity index (χ0n) is 17.7. The summed E-state index contributed by atoms with van der Waals surface area (Å²) in [7, 11) is 3.40. The maximum Gasteiger partial charge on any atom is 0.253 e. The van der Waals surface area contributed by atoms with Crippen molar-refractivity contribution in [3.05, 3.63) is 23.8 Å². The van der Waals surface area contributed by atoms with Gasteiger partial charge in [0.1, 0.15) is 6.10 Å². The maximum absolute atomic E-state index is 12.9. The van der Waals surface area contributed by atoms with Crippen LogP contribution in [0.25, 0.3) is 0 Å². The standard InChI is InChI=1S/C22H32N2O5/c1-16(25)24-11-9-18(10-12-24)29-21-14-17(7-8-20(21)27-3)22(26)23(2)15-19-6-4-5-13-28-19/h7-8,14,18-19H,4-6,9-13,15H2,1-3H3/t19-/m0/s1. The molecular formula is C22H32N2O5. The van der Waals surface area contributed by atoms with E-state index in [4.69, 9.17) is 14.2 Å².